The van der Waals surface area contributed by atoms with Crippen LogP contribution in [-0.4, -0.2) is 54.7 Å². The Morgan fingerprint density at radius 2 is 2.00 bits per heavy atom. The number of rotatable bonds is 4. The van der Waals surface area contributed by atoms with Crippen LogP contribution in [0.3, 0.4) is 0 Å². The summed E-state index contributed by atoms with van der Waals surface area (Å²) in [6.45, 7) is 2.15. The molecule has 1 aromatic rings. The van der Waals surface area contributed by atoms with Crippen LogP contribution in [0.4, 0.5) is 10.5 Å². The molecule has 8 nitrogen and oxygen atoms in total. The maximum Gasteiger partial charge on any atom is 0.319 e. The summed E-state index contributed by atoms with van der Waals surface area (Å²) in [6.07, 6.45) is 5.29. The molecule has 0 radical (unpaired) electrons. The van der Waals surface area contributed by atoms with Gasteiger partial charge in [-0.05, 0) is 31.7 Å². The second-order valence-electron chi connectivity index (χ2n) is 7.15. The molecule has 2 N–H and O–H groups in total. The molecule has 4 rings (SSSR count). The molecule has 9 heteroatoms. The van der Waals surface area contributed by atoms with E-state index in [4.69, 9.17) is 4.74 Å². The van der Waals surface area contributed by atoms with Crippen LogP contribution in [-0.2, 0) is 27.8 Å². The van der Waals surface area contributed by atoms with E-state index >= 15 is 0 Å². The van der Waals surface area contributed by atoms with Gasteiger partial charge in [-0.15, -0.1) is 0 Å². The highest BCUT2D eigenvalue weighted by atomic mass is 32.2. The molecule has 2 fully saturated rings. The van der Waals surface area contributed by atoms with E-state index in [-0.39, 0.29) is 17.3 Å². The van der Waals surface area contributed by atoms with Crippen molar-refractivity contribution in [3.63, 3.8) is 0 Å². The second kappa shape index (κ2) is 7.13. The molecule has 1 aliphatic carbocycles. The standard InChI is InChI=1S/C17H24N4O4S/c22-17(20-14-9-12-11-25-8-5-16(12)18-10-14)19-13-3-6-21(7-4-13)26(23,24)15-1-2-15/h9-10,13,15H,1-8,11H2,(H2,19,20,22). The number of nitrogens with zero attached hydrogens (tertiary/aromatic N) is 2. The summed E-state index contributed by atoms with van der Waals surface area (Å²) < 4.78 is 31.5. The molecular weight excluding hydrogens is 356 g/mol. The lowest BCUT2D eigenvalue weighted by Gasteiger charge is -2.31. The van der Waals surface area contributed by atoms with Gasteiger partial charge in [-0.1, -0.05) is 0 Å². The van der Waals surface area contributed by atoms with Crippen molar-refractivity contribution in [1.82, 2.24) is 14.6 Å². The third-order valence-corrected chi connectivity index (χ3v) is 7.55. The number of amides is 2. The Balaban J connectivity index is 1.28. The molecule has 1 saturated carbocycles. The van der Waals surface area contributed by atoms with E-state index in [0.717, 1.165) is 30.5 Å². The number of aromatic nitrogens is 1. The molecule has 1 aromatic heterocycles. The largest absolute Gasteiger partial charge is 0.376 e. The summed E-state index contributed by atoms with van der Waals surface area (Å²) in [7, 11) is -3.11. The lowest BCUT2D eigenvalue weighted by atomic mass is 10.1. The molecule has 3 aliphatic rings. The predicted octanol–water partition coefficient (Wildman–Crippen LogP) is 1.23. The predicted molar refractivity (Wildman–Crippen MR) is 96.3 cm³/mol. The van der Waals surface area contributed by atoms with Gasteiger partial charge in [0.2, 0.25) is 10.0 Å². The molecule has 142 valence electrons. The topological polar surface area (TPSA) is 101 Å². The quantitative estimate of drug-likeness (QED) is 0.818. The lowest BCUT2D eigenvalue weighted by Crippen LogP contribution is -2.48. The zero-order valence-electron chi connectivity index (χ0n) is 14.6. The normalized spacial score (nSPS) is 21.8. The molecule has 26 heavy (non-hydrogen) atoms. The van der Waals surface area contributed by atoms with Crippen LogP contribution in [0.2, 0.25) is 0 Å². The Kier molecular flexibility index (Phi) is 4.85. The number of urea groups is 1. The van der Waals surface area contributed by atoms with Crippen molar-refractivity contribution in [3.05, 3.63) is 23.5 Å². The molecule has 1 saturated heterocycles. The Labute approximate surface area is 153 Å². The highest BCUT2D eigenvalue weighted by molar-refractivity contribution is 7.90. The summed E-state index contributed by atoms with van der Waals surface area (Å²) in [5, 5.41) is 5.57. The summed E-state index contributed by atoms with van der Waals surface area (Å²) in [5.74, 6) is 0. The van der Waals surface area contributed by atoms with E-state index in [1.54, 1.807) is 10.5 Å². The van der Waals surface area contributed by atoms with Gasteiger partial charge in [0.15, 0.2) is 0 Å². The third-order valence-electron chi connectivity index (χ3n) is 5.15. The van der Waals surface area contributed by atoms with Gasteiger partial charge in [-0.25, -0.2) is 17.5 Å². The van der Waals surface area contributed by atoms with Gasteiger partial charge in [0.05, 0.1) is 30.3 Å². The first-order valence-corrected chi connectivity index (χ1v) is 10.6. The summed E-state index contributed by atoms with van der Waals surface area (Å²) in [4.78, 5) is 16.6. The van der Waals surface area contributed by atoms with E-state index in [1.807, 2.05) is 6.07 Å². The smallest absolute Gasteiger partial charge is 0.319 e. The van der Waals surface area contributed by atoms with Crippen molar-refractivity contribution in [2.75, 3.05) is 25.0 Å². The van der Waals surface area contributed by atoms with Crippen LogP contribution in [0.15, 0.2) is 12.3 Å². The lowest BCUT2D eigenvalue weighted by molar-refractivity contribution is 0.109. The SMILES string of the molecule is O=C(Nc1cnc2c(c1)COCC2)NC1CCN(S(=O)(=O)C2CC2)CC1. The molecule has 0 unspecified atom stereocenters. The van der Waals surface area contributed by atoms with Crippen molar-refractivity contribution in [2.45, 2.75) is 50.0 Å². The average molecular weight is 380 g/mol. The fourth-order valence-electron chi connectivity index (χ4n) is 3.49. The number of ether oxygens (including phenoxy) is 1. The van der Waals surface area contributed by atoms with Crippen molar-refractivity contribution >= 4 is 21.7 Å². The molecule has 2 aliphatic heterocycles. The summed E-state index contributed by atoms with van der Waals surface area (Å²) in [5.41, 5.74) is 2.67. The summed E-state index contributed by atoms with van der Waals surface area (Å²) in [6, 6.07) is 1.59. The first-order chi connectivity index (χ1) is 12.5. The van der Waals surface area contributed by atoms with Crippen LogP contribution >= 0.6 is 0 Å². The molecule has 2 amide bonds. The maximum atomic E-state index is 12.2. The average Bonchev–Trinajstić information content (AvgIpc) is 3.48. The van der Waals surface area contributed by atoms with Crippen LogP contribution < -0.4 is 10.6 Å². The minimum Gasteiger partial charge on any atom is -0.376 e. The fourth-order valence-corrected chi connectivity index (χ4v) is 5.37. The van der Waals surface area contributed by atoms with E-state index in [2.05, 4.69) is 15.6 Å². The number of nitrogens with one attached hydrogen (secondary N) is 2. The van der Waals surface area contributed by atoms with Gasteiger partial charge in [0.1, 0.15) is 0 Å². The molecule has 0 aromatic carbocycles. The zero-order chi connectivity index (χ0) is 18.1. The third kappa shape index (κ3) is 3.84. The Hall–Kier alpha value is -1.71. The summed E-state index contributed by atoms with van der Waals surface area (Å²) >= 11 is 0. The Morgan fingerprint density at radius 1 is 1.23 bits per heavy atom. The van der Waals surface area contributed by atoms with Gasteiger partial charge in [-0.2, -0.15) is 0 Å². The number of piperidine rings is 1. The molecule has 3 heterocycles. The minimum absolute atomic E-state index is 0.0189. The van der Waals surface area contributed by atoms with Crippen molar-refractivity contribution in [1.29, 1.82) is 0 Å². The number of pyridine rings is 1. The van der Waals surface area contributed by atoms with Gasteiger partial charge in [-0.3, -0.25) is 4.98 Å². The van der Waals surface area contributed by atoms with E-state index < -0.39 is 10.0 Å². The van der Waals surface area contributed by atoms with Crippen LogP contribution in [0, 0.1) is 0 Å². The number of hydrogen-bond donors (Lipinski definition) is 2. The minimum atomic E-state index is -3.11. The molecule has 0 atom stereocenters. The molecule has 0 bridgehead atoms. The first kappa shape index (κ1) is 17.7. The van der Waals surface area contributed by atoms with Crippen molar-refractivity contribution in [3.8, 4) is 0 Å². The van der Waals surface area contributed by atoms with E-state index in [9.17, 15) is 13.2 Å². The number of carbonyl (C=O) groups is 1. The van der Waals surface area contributed by atoms with Crippen molar-refractivity contribution in [2.24, 2.45) is 0 Å². The monoisotopic (exact) mass is 380 g/mol. The van der Waals surface area contributed by atoms with Gasteiger partial charge < -0.3 is 15.4 Å². The highest BCUT2D eigenvalue weighted by Crippen LogP contribution is 2.32. The first-order valence-electron chi connectivity index (χ1n) is 9.14. The highest BCUT2D eigenvalue weighted by Gasteiger charge is 2.41. The van der Waals surface area contributed by atoms with Crippen LogP contribution in [0.25, 0.3) is 0 Å². The van der Waals surface area contributed by atoms with Crippen molar-refractivity contribution < 1.29 is 17.9 Å². The number of sulfonamides is 1. The number of anilines is 1. The Morgan fingerprint density at radius 3 is 2.73 bits per heavy atom. The van der Waals surface area contributed by atoms with Crippen LogP contribution in [0.5, 0.6) is 0 Å². The van der Waals surface area contributed by atoms with Gasteiger partial charge in [0.25, 0.3) is 0 Å². The molecular formula is C17H24N4O4S. The van der Waals surface area contributed by atoms with Crippen LogP contribution in [0.1, 0.15) is 36.9 Å². The number of hydrogen-bond acceptors (Lipinski definition) is 5. The second-order valence-corrected chi connectivity index (χ2v) is 9.36. The van der Waals surface area contributed by atoms with Gasteiger partial charge in [0, 0.05) is 36.8 Å². The molecule has 0 spiro atoms. The number of fused-ring (bicyclic) bond motifs is 1. The van der Waals surface area contributed by atoms with Gasteiger partial charge >= 0.3 is 6.03 Å². The number of carbonyl (C=O) groups excluding carboxylic acids is 1. The van der Waals surface area contributed by atoms with E-state index in [0.29, 0.717) is 44.8 Å². The van der Waals surface area contributed by atoms with E-state index in [1.165, 1.54) is 0 Å². The fraction of sp³-hybridized carbons (Fsp3) is 0.647. The zero-order valence-corrected chi connectivity index (χ0v) is 15.4. The maximum absolute atomic E-state index is 12.2. The Bertz CT molecular complexity index is 786.